The highest BCUT2D eigenvalue weighted by Crippen LogP contribution is 2.22. The number of methoxy groups -OCH3 is 1. The Morgan fingerprint density at radius 1 is 1.48 bits per heavy atom. The Balaban J connectivity index is 2.12. The van der Waals surface area contributed by atoms with Gasteiger partial charge in [-0.3, -0.25) is 9.59 Å². The van der Waals surface area contributed by atoms with E-state index >= 15 is 0 Å². The molecule has 0 aromatic carbocycles. The molecule has 0 saturated carbocycles. The van der Waals surface area contributed by atoms with Crippen molar-refractivity contribution in [3.8, 4) is 0 Å². The first kappa shape index (κ1) is 15.8. The molecule has 0 spiro atoms. The van der Waals surface area contributed by atoms with Crippen LogP contribution in [0.25, 0.3) is 0 Å². The number of hydrogen-bond acceptors (Lipinski definition) is 3. The lowest BCUT2D eigenvalue weighted by Gasteiger charge is -2.35. The molecule has 5 nitrogen and oxygen atoms in total. The molecular weight excluding hydrogens is 268 g/mol. The number of likely N-dealkylation sites (tertiary alicyclic amines) is 1. The molecule has 2 rings (SSSR count). The minimum Gasteiger partial charge on any atom is -0.385 e. The number of nitrogens with one attached hydrogen (secondary N) is 1. The van der Waals surface area contributed by atoms with Gasteiger partial charge in [0.05, 0.1) is 0 Å². The van der Waals surface area contributed by atoms with E-state index in [1.54, 1.807) is 13.3 Å². The van der Waals surface area contributed by atoms with E-state index in [0.29, 0.717) is 6.61 Å². The number of piperidine rings is 1. The minimum absolute atomic E-state index is 0.140. The molecule has 1 fully saturated rings. The van der Waals surface area contributed by atoms with Crippen molar-refractivity contribution in [3.63, 3.8) is 0 Å². The molecule has 1 amide bonds. The molecule has 5 heteroatoms. The summed E-state index contributed by atoms with van der Waals surface area (Å²) in [6.07, 6.45) is 6.58. The SMILES string of the molecule is COCCC[C@@H]1CCCCN1C(=O)c1c[nH]c(C)cc1=O. The van der Waals surface area contributed by atoms with Crippen LogP contribution in [0.15, 0.2) is 17.1 Å². The summed E-state index contributed by atoms with van der Waals surface area (Å²) in [7, 11) is 1.69. The topological polar surface area (TPSA) is 62.4 Å². The molecule has 1 saturated heterocycles. The summed E-state index contributed by atoms with van der Waals surface area (Å²) < 4.78 is 5.09. The number of carbonyl (C=O) groups is 1. The van der Waals surface area contributed by atoms with Gasteiger partial charge in [0.1, 0.15) is 5.56 Å². The highest BCUT2D eigenvalue weighted by Gasteiger charge is 2.28. The van der Waals surface area contributed by atoms with Gasteiger partial charge in [-0.15, -0.1) is 0 Å². The molecule has 116 valence electrons. The van der Waals surface area contributed by atoms with Crippen molar-refractivity contribution in [1.82, 2.24) is 9.88 Å². The first-order chi connectivity index (χ1) is 10.1. The lowest BCUT2D eigenvalue weighted by Crippen LogP contribution is -2.45. The zero-order valence-corrected chi connectivity index (χ0v) is 12.9. The van der Waals surface area contributed by atoms with E-state index in [9.17, 15) is 9.59 Å². The second-order valence-corrected chi connectivity index (χ2v) is 5.68. The van der Waals surface area contributed by atoms with Gasteiger partial charge in [0, 0.05) is 44.3 Å². The zero-order chi connectivity index (χ0) is 15.2. The predicted molar refractivity (Wildman–Crippen MR) is 81.6 cm³/mol. The van der Waals surface area contributed by atoms with Gasteiger partial charge >= 0.3 is 0 Å². The quantitative estimate of drug-likeness (QED) is 0.845. The monoisotopic (exact) mass is 292 g/mol. The lowest BCUT2D eigenvalue weighted by molar-refractivity contribution is 0.0583. The van der Waals surface area contributed by atoms with Crippen LogP contribution in [-0.2, 0) is 4.74 Å². The van der Waals surface area contributed by atoms with Crippen LogP contribution >= 0.6 is 0 Å². The molecule has 21 heavy (non-hydrogen) atoms. The summed E-state index contributed by atoms with van der Waals surface area (Å²) >= 11 is 0. The van der Waals surface area contributed by atoms with Crippen LogP contribution in [0, 0.1) is 6.92 Å². The number of amides is 1. The molecule has 0 radical (unpaired) electrons. The van der Waals surface area contributed by atoms with E-state index in [-0.39, 0.29) is 22.9 Å². The average Bonchev–Trinajstić information content (AvgIpc) is 2.47. The van der Waals surface area contributed by atoms with Crippen LogP contribution in [0.2, 0.25) is 0 Å². The Hall–Kier alpha value is -1.62. The zero-order valence-electron chi connectivity index (χ0n) is 12.9. The minimum atomic E-state index is -0.197. The van der Waals surface area contributed by atoms with Gasteiger partial charge in [-0.2, -0.15) is 0 Å². The van der Waals surface area contributed by atoms with Gasteiger partial charge in [0.15, 0.2) is 5.43 Å². The van der Waals surface area contributed by atoms with Crippen LogP contribution in [-0.4, -0.2) is 42.1 Å². The third-order valence-corrected chi connectivity index (χ3v) is 4.06. The molecular formula is C16H24N2O3. The van der Waals surface area contributed by atoms with Crippen LogP contribution in [0.1, 0.15) is 48.2 Å². The number of carbonyl (C=O) groups excluding carboxylic acids is 1. The summed E-state index contributed by atoms with van der Waals surface area (Å²) in [5, 5.41) is 0. The van der Waals surface area contributed by atoms with Crippen LogP contribution in [0.4, 0.5) is 0 Å². The van der Waals surface area contributed by atoms with Crippen molar-refractivity contribution < 1.29 is 9.53 Å². The van der Waals surface area contributed by atoms with Crippen LogP contribution in [0.5, 0.6) is 0 Å². The normalized spacial score (nSPS) is 18.8. The second kappa shape index (κ2) is 7.41. The average molecular weight is 292 g/mol. The van der Waals surface area contributed by atoms with Crippen LogP contribution in [0.3, 0.4) is 0 Å². The van der Waals surface area contributed by atoms with Gasteiger partial charge in [0.2, 0.25) is 0 Å². The van der Waals surface area contributed by atoms with Gasteiger partial charge in [-0.1, -0.05) is 0 Å². The largest absolute Gasteiger partial charge is 0.385 e. The summed E-state index contributed by atoms with van der Waals surface area (Å²) in [4.78, 5) is 29.5. The molecule has 1 atom stereocenters. The van der Waals surface area contributed by atoms with E-state index in [1.165, 1.54) is 6.07 Å². The second-order valence-electron chi connectivity index (χ2n) is 5.68. The fourth-order valence-electron chi connectivity index (χ4n) is 2.93. The highest BCUT2D eigenvalue weighted by atomic mass is 16.5. The van der Waals surface area contributed by atoms with Crippen LogP contribution < -0.4 is 5.43 Å². The molecule has 1 aromatic rings. The maximum absolute atomic E-state index is 12.6. The smallest absolute Gasteiger partial charge is 0.259 e. The van der Waals surface area contributed by atoms with E-state index in [4.69, 9.17) is 4.74 Å². The number of nitrogens with zero attached hydrogens (tertiary/aromatic N) is 1. The molecule has 1 N–H and O–H groups in total. The predicted octanol–water partition coefficient (Wildman–Crippen LogP) is 2.10. The van der Waals surface area contributed by atoms with E-state index in [2.05, 4.69) is 4.98 Å². The molecule has 0 unspecified atom stereocenters. The third kappa shape index (κ3) is 3.94. The number of rotatable bonds is 5. The van der Waals surface area contributed by atoms with Crippen molar-refractivity contribution in [3.05, 3.63) is 33.7 Å². The Morgan fingerprint density at radius 3 is 3.00 bits per heavy atom. The number of ether oxygens (including phenoxy) is 1. The Labute approximate surface area is 125 Å². The fourth-order valence-corrected chi connectivity index (χ4v) is 2.93. The van der Waals surface area contributed by atoms with Crippen molar-refractivity contribution in [2.24, 2.45) is 0 Å². The standard InChI is InChI=1S/C16H24N2O3/c1-12-10-15(19)14(11-17-12)16(20)18-8-4-3-6-13(18)7-5-9-21-2/h10-11,13H,3-9H2,1-2H3,(H,17,19)/t13-/m0/s1. The molecule has 2 heterocycles. The maximum Gasteiger partial charge on any atom is 0.259 e. The van der Waals surface area contributed by atoms with Crippen molar-refractivity contribution in [2.75, 3.05) is 20.3 Å². The Bertz CT molecular complexity index is 539. The van der Waals surface area contributed by atoms with Gasteiger partial charge in [-0.25, -0.2) is 0 Å². The first-order valence-electron chi connectivity index (χ1n) is 7.62. The Morgan fingerprint density at radius 2 is 2.29 bits per heavy atom. The molecule has 0 bridgehead atoms. The number of hydrogen-bond donors (Lipinski definition) is 1. The van der Waals surface area contributed by atoms with Gasteiger partial charge in [-0.05, 0) is 39.0 Å². The summed E-state index contributed by atoms with van der Waals surface area (Å²) in [5.41, 5.74) is 0.823. The summed E-state index contributed by atoms with van der Waals surface area (Å²) in [6, 6.07) is 1.71. The molecule has 1 aliphatic heterocycles. The maximum atomic E-state index is 12.6. The van der Waals surface area contributed by atoms with Crippen molar-refractivity contribution in [1.29, 1.82) is 0 Å². The molecule has 1 aliphatic rings. The van der Waals surface area contributed by atoms with Gasteiger partial charge in [0.25, 0.3) is 5.91 Å². The number of H-pyrrole nitrogens is 1. The van der Waals surface area contributed by atoms with E-state index in [1.807, 2.05) is 11.8 Å². The molecule has 1 aromatic heterocycles. The third-order valence-electron chi connectivity index (χ3n) is 4.06. The lowest BCUT2D eigenvalue weighted by atomic mass is 9.97. The highest BCUT2D eigenvalue weighted by molar-refractivity contribution is 5.94. The Kier molecular flexibility index (Phi) is 5.56. The van der Waals surface area contributed by atoms with Crippen molar-refractivity contribution >= 4 is 5.91 Å². The summed E-state index contributed by atoms with van der Waals surface area (Å²) in [6.45, 7) is 3.26. The van der Waals surface area contributed by atoms with E-state index < -0.39 is 0 Å². The number of aromatic nitrogens is 1. The first-order valence-corrected chi connectivity index (χ1v) is 7.62. The van der Waals surface area contributed by atoms with E-state index in [0.717, 1.165) is 44.3 Å². The summed E-state index contributed by atoms with van der Waals surface area (Å²) in [5.74, 6) is -0.140. The number of aromatic amines is 1. The van der Waals surface area contributed by atoms with Crippen molar-refractivity contribution in [2.45, 2.75) is 45.1 Å². The number of pyridine rings is 1. The number of aryl methyl sites for hydroxylation is 1. The molecule has 0 aliphatic carbocycles. The van der Waals surface area contributed by atoms with Gasteiger partial charge < -0.3 is 14.6 Å². The fraction of sp³-hybridized carbons (Fsp3) is 0.625.